The van der Waals surface area contributed by atoms with E-state index < -0.39 is 5.41 Å². The Bertz CT molecular complexity index is 450. The second-order valence-corrected chi connectivity index (χ2v) is 5.87. The molecular formula is C12H16BrClN2O2. The van der Waals surface area contributed by atoms with E-state index in [1.807, 2.05) is 19.9 Å². The van der Waals surface area contributed by atoms with E-state index in [0.29, 0.717) is 23.8 Å². The Morgan fingerprint density at radius 3 is 2.78 bits per heavy atom. The minimum atomic E-state index is -0.420. The fraction of sp³-hybridized carbons (Fsp3) is 0.417. The summed E-state index contributed by atoms with van der Waals surface area (Å²) in [7, 11) is 0. The van der Waals surface area contributed by atoms with Crippen molar-refractivity contribution in [1.82, 2.24) is 0 Å². The van der Waals surface area contributed by atoms with Gasteiger partial charge in [0.25, 0.3) is 0 Å². The van der Waals surface area contributed by atoms with E-state index in [0.717, 1.165) is 4.47 Å². The Hall–Kier alpha value is -0.940. The molecular weight excluding hydrogens is 320 g/mol. The van der Waals surface area contributed by atoms with Gasteiger partial charge in [-0.2, -0.15) is 0 Å². The lowest BCUT2D eigenvalue weighted by molar-refractivity contribution is 0.259. The highest BCUT2D eigenvalue weighted by Gasteiger charge is 2.23. The SMILES string of the molecule is CC(C)(CCOc1ccc(Br)cc1Cl)C(N)=NO. The molecule has 0 saturated carbocycles. The zero-order valence-electron chi connectivity index (χ0n) is 10.3. The third-order valence-corrected chi connectivity index (χ3v) is 3.47. The van der Waals surface area contributed by atoms with Crippen LogP contribution in [0.25, 0.3) is 0 Å². The number of oxime groups is 1. The van der Waals surface area contributed by atoms with Gasteiger partial charge in [-0.1, -0.05) is 46.5 Å². The van der Waals surface area contributed by atoms with Crippen molar-refractivity contribution in [3.05, 3.63) is 27.7 Å². The molecule has 1 aromatic carbocycles. The number of amidine groups is 1. The van der Waals surface area contributed by atoms with Gasteiger partial charge in [0.2, 0.25) is 0 Å². The van der Waals surface area contributed by atoms with Gasteiger partial charge in [-0.25, -0.2) is 0 Å². The van der Waals surface area contributed by atoms with Crippen LogP contribution in [0.2, 0.25) is 5.02 Å². The highest BCUT2D eigenvalue weighted by Crippen LogP contribution is 2.29. The highest BCUT2D eigenvalue weighted by atomic mass is 79.9. The zero-order chi connectivity index (χ0) is 13.8. The van der Waals surface area contributed by atoms with Crippen LogP contribution in [0.3, 0.4) is 0 Å². The smallest absolute Gasteiger partial charge is 0.144 e. The molecule has 0 aliphatic heterocycles. The summed E-state index contributed by atoms with van der Waals surface area (Å²) in [5.74, 6) is 0.808. The fourth-order valence-corrected chi connectivity index (χ4v) is 2.00. The molecule has 0 aromatic heterocycles. The first-order valence-electron chi connectivity index (χ1n) is 5.42. The summed E-state index contributed by atoms with van der Waals surface area (Å²) in [4.78, 5) is 0. The van der Waals surface area contributed by atoms with Crippen LogP contribution in [0.4, 0.5) is 0 Å². The van der Waals surface area contributed by atoms with Gasteiger partial charge in [0.1, 0.15) is 11.6 Å². The maximum absolute atomic E-state index is 8.66. The monoisotopic (exact) mass is 334 g/mol. The molecule has 0 fully saturated rings. The summed E-state index contributed by atoms with van der Waals surface area (Å²) in [5.41, 5.74) is 5.17. The van der Waals surface area contributed by atoms with Crippen molar-refractivity contribution in [3.8, 4) is 5.75 Å². The van der Waals surface area contributed by atoms with Crippen LogP contribution in [-0.2, 0) is 0 Å². The van der Waals surface area contributed by atoms with Crippen molar-refractivity contribution in [1.29, 1.82) is 0 Å². The zero-order valence-corrected chi connectivity index (χ0v) is 12.6. The number of hydrogen-bond acceptors (Lipinski definition) is 3. The average Bonchev–Trinajstić information content (AvgIpc) is 2.30. The topological polar surface area (TPSA) is 67.8 Å². The first kappa shape index (κ1) is 15.1. The number of nitrogens with two attached hydrogens (primary N) is 1. The minimum Gasteiger partial charge on any atom is -0.492 e. The lowest BCUT2D eigenvalue weighted by atomic mass is 9.88. The molecule has 0 aliphatic rings. The van der Waals surface area contributed by atoms with Crippen molar-refractivity contribution in [2.45, 2.75) is 20.3 Å². The Morgan fingerprint density at radius 1 is 1.56 bits per heavy atom. The van der Waals surface area contributed by atoms with Gasteiger partial charge < -0.3 is 15.7 Å². The first-order valence-corrected chi connectivity index (χ1v) is 6.60. The largest absolute Gasteiger partial charge is 0.492 e. The van der Waals surface area contributed by atoms with E-state index in [1.54, 1.807) is 12.1 Å². The van der Waals surface area contributed by atoms with Crippen LogP contribution in [0.1, 0.15) is 20.3 Å². The highest BCUT2D eigenvalue weighted by molar-refractivity contribution is 9.10. The van der Waals surface area contributed by atoms with Crippen LogP contribution in [0.15, 0.2) is 27.8 Å². The van der Waals surface area contributed by atoms with Crippen LogP contribution in [0.5, 0.6) is 5.75 Å². The van der Waals surface area contributed by atoms with Gasteiger partial charge in [-0.3, -0.25) is 0 Å². The van der Waals surface area contributed by atoms with Gasteiger partial charge in [0.05, 0.1) is 11.6 Å². The van der Waals surface area contributed by atoms with E-state index in [2.05, 4.69) is 21.1 Å². The quantitative estimate of drug-likeness (QED) is 0.373. The van der Waals surface area contributed by atoms with Crippen molar-refractivity contribution < 1.29 is 9.94 Å². The summed E-state index contributed by atoms with van der Waals surface area (Å²) in [5, 5.41) is 12.2. The second-order valence-electron chi connectivity index (χ2n) is 4.54. The van der Waals surface area contributed by atoms with E-state index in [1.165, 1.54) is 0 Å². The van der Waals surface area contributed by atoms with E-state index in [-0.39, 0.29) is 5.84 Å². The summed E-state index contributed by atoms with van der Waals surface area (Å²) in [6, 6.07) is 5.42. The van der Waals surface area contributed by atoms with E-state index in [9.17, 15) is 0 Å². The number of halogens is 2. The van der Waals surface area contributed by atoms with Crippen LogP contribution in [0, 0.1) is 5.41 Å². The molecule has 0 radical (unpaired) electrons. The third kappa shape index (κ3) is 4.07. The molecule has 0 heterocycles. The molecule has 0 saturated heterocycles. The summed E-state index contributed by atoms with van der Waals surface area (Å²) < 4.78 is 6.48. The molecule has 1 rings (SSSR count). The Labute approximate surface area is 120 Å². The molecule has 6 heteroatoms. The maximum Gasteiger partial charge on any atom is 0.144 e. The third-order valence-electron chi connectivity index (χ3n) is 2.68. The average molecular weight is 336 g/mol. The fourth-order valence-electron chi connectivity index (χ4n) is 1.27. The molecule has 0 bridgehead atoms. The van der Waals surface area contributed by atoms with Crippen molar-refractivity contribution >= 4 is 33.4 Å². The van der Waals surface area contributed by atoms with Gasteiger partial charge in [-0.05, 0) is 24.6 Å². The molecule has 3 N–H and O–H groups in total. The van der Waals surface area contributed by atoms with Crippen molar-refractivity contribution in [3.63, 3.8) is 0 Å². The number of hydrogen-bond donors (Lipinski definition) is 2. The molecule has 0 amide bonds. The van der Waals surface area contributed by atoms with Gasteiger partial charge >= 0.3 is 0 Å². The van der Waals surface area contributed by atoms with Crippen molar-refractivity contribution in [2.75, 3.05) is 6.61 Å². The van der Waals surface area contributed by atoms with E-state index >= 15 is 0 Å². The molecule has 18 heavy (non-hydrogen) atoms. The second kappa shape index (κ2) is 6.29. The summed E-state index contributed by atoms with van der Waals surface area (Å²) in [6.45, 7) is 4.20. The Morgan fingerprint density at radius 2 is 2.22 bits per heavy atom. The summed E-state index contributed by atoms with van der Waals surface area (Å²) in [6.07, 6.45) is 0.620. The maximum atomic E-state index is 8.66. The summed E-state index contributed by atoms with van der Waals surface area (Å²) >= 11 is 9.35. The molecule has 1 aromatic rings. The Kier molecular flexibility index (Phi) is 5.28. The lowest BCUT2D eigenvalue weighted by Gasteiger charge is -2.22. The normalized spacial score (nSPS) is 12.6. The first-order chi connectivity index (χ1) is 8.36. The van der Waals surface area contributed by atoms with E-state index in [4.69, 9.17) is 27.3 Å². The molecule has 0 atom stereocenters. The van der Waals surface area contributed by atoms with Crippen LogP contribution in [-0.4, -0.2) is 17.6 Å². The number of rotatable bonds is 5. The molecule has 4 nitrogen and oxygen atoms in total. The lowest BCUT2D eigenvalue weighted by Crippen LogP contribution is -2.33. The minimum absolute atomic E-state index is 0.188. The number of benzene rings is 1. The van der Waals surface area contributed by atoms with Crippen LogP contribution >= 0.6 is 27.5 Å². The predicted molar refractivity (Wildman–Crippen MR) is 76.5 cm³/mol. The predicted octanol–water partition coefficient (Wildman–Crippen LogP) is 3.64. The molecule has 0 unspecified atom stereocenters. The molecule has 0 spiro atoms. The molecule has 100 valence electrons. The number of ether oxygens (including phenoxy) is 1. The van der Waals surface area contributed by atoms with Gasteiger partial charge in [0, 0.05) is 9.89 Å². The van der Waals surface area contributed by atoms with Gasteiger partial charge in [0.15, 0.2) is 0 Å². The standard InChI is InChI=1S/C12H16BrClN2O2/c1-12(2,11(15)16-17)5-6-18-10-4-3-8(13)7-9(10)14/h3-4,7,17H,5-6H2,1-2H3,(H2,15,16). The number of nitrogens with zero attached hydrogens (tertiary/aromatic N) is 1. The van der Waals surface area contributed by atoms with Crippen molar-refractivity contribution in [2.24, 2.45) is 16.3 Å². The molecule has 0 aliphatic carbocycles. The van der Waals surface area contributed by atoms with Crippen LogP contribution < -0.4 is 10.5 Å². The Balaban J connectivity index is 2.57. The van der Waals surface area contributed by atoms with Gasteiger partial charge in [-0.15, -0.1) is 0 Å².